The first-order valence-corrected chi connectivity index (χ1v) is 5.67. The highest BCUT2D eigenvalue weighted by Crippen LogP contribution is 2.16. The van der Waals surface area contributed by atoms with E-state index < -0.39 is 11.2 Å². The normalized spacial score (nSPS) is 12.3. The molecule has 0 amide bonds. The molecule has 2 heterocycles. The predicted molar refractivity (Wildman–Crippen MR) is 67.6 cm³/mol. The summed E-state index contributed by atoms with van der Waals surface area (Å²) in [6, 6.07) is -0.384. The quantitative estimate of drug-likeness (QED) is 0.544. The van der Waals surface area contributed by atoms with Gasteiger partial charge in [0.15, 0.2) is 5.82 Å². The summed E-state index contributed by atoms with van der Waals surface area (Å²) < 4.78 is 1.26. The molecule has 0 saturated carbocycles. The van der Waals surface area contributed by atoms with Crippen LogP contribution in [0.3, 0.4) is 0 Å². The Morgan fingerprint density at radius 1 is 1.47 bits per heavy atom. The Morgan fingerprint density at radius 2 is 2.21 bits per heavy atom. The van der Waals surface area contributed by atoms with Crippen LogP contribution < -0.4 is 22.3 Å². The van der Waals surface area contributed by atoms with E-state index in [2.05, 4.69) is 30.9 Å². The van der Waals surface area contributed by atoms with E-state index >= 15 is 0 Å². The van der Waals surface area contributed by atoms with Gasteiger partial charge in [-0.25, -0.2) is 4.79 Å². The van der Waals surface area contributed by atoms with Crippen molar-refractivity contribution in [2.75, 3.05) is 11.1 Å². The molecule has 0 aliphatic carbocycles. The van der Waals surface area contributed by atoms with Gasteiger partial charge in [0.25, 0.3) is 5.56 Å². The summed E-state index contributed by atoms with van der Waals surface area (Å²) in [5.74, 6) is 0.458. The Hall–Kier alpha value is -2.65. The fraction of sp³-hybridized carbons (Fsp3) is 0.444. The number of hydrogen-bond acceptors (Lipinski definition) is 7. The van der Waals surface area contributed by atoms with Crippen LogP contribution in [0.15, 0.2) is 9.59 Å². The number of anilines is 2. The molecule has 0 bridgehead atoms. The van der Waals surface area contributed by atoms with Crippen LogP contribution >= 0.6 is 0 Å². The molecule has 19 heavy (non-hydrogen) atoms. The minimum Gasteiger partial charge on any atom is -0.383 e. The van der Waals surface area contributed by atoms with Crippen LogP contribution in [0.2, 0.25) is 0 Å². The zero-order chi connectivity index (χ0) is 14.0. The number of aromatic amines is 2. The lowest BCUT2D eigenvalue weighted by Gasteiger charge is -2.15. The highest BCUT2D eigenvalue weighted by molar-refractivity contribution is 5.60. The highest BCUT2D eigenvalue weighted by atomic mass is 16.2. The summed E-state index contributed by atoms with van der Waals surface area (Å²) in [6.45, 7) is 3.85. The predicted octanol–water partition coefficient (Wildman–Crippen LogP) is -1.18. The van der Waals surface area contributed by atoms with Crippen molar-refractivity contribution in [1.82, 2.24) is 30.2 Å². The topological polar surface area (TPSA) is 147 Å². The fourth-order valence-electron chi connectivity index (χ4n) is 1.68. The molecule has 0 aliphatic rings. The molecule has 0 saturated heterocycles. The smallest absolute Gasteiger partial charge is 0.330 e. The van der Waals surface area contributed by atoms with Crippen LogP contribution in [0.1, 0.15) is 25.7 Å². The largest absolute Gasteiger partial charge is 0.383 e. The Kier molecular flexibility index (Phi) is 3.31. The van der Waals surface area contributed by atoms with Gasteiger partial charge in [0.2, 0.25) is 0 Å². The summed E-state index contributed by atoms with van der Waals surface area (Å²) in [4.78, 5) is 25.5. The number of rotatable bonds is 4. The number of hydrogen-bond donors (Lipinski definition) is 4. The maximum atomic E-state index is 11.8. The van der Waals surface area contributed by atoms with Crippen molar-refractivity contribution in [3.63, 3.8) is 0 Å². The minimum absolute atomic E-state index is 0.0756. The number of aromatic nitrogens is 6. The first kappa shape index (κ1) is 12.8. The van der Waals surface area contributed by atoms with Crippen LogP contribution in [-0.4, -0.2) is 30.2 Å². The van der Waals surface area contributed by atoms with Crippen molar-refractivity contribution in [1.29, 1.82) is 0 Å². The SMILES string of the molecule is CCn1c(N)c(NC(C)c2nn[nH]n2)c(=O)[nH]c1=O. The molecule has 0 radical (unpaired) electrons. The summed E-state index contributed by atoms with van der Waals surface area (Å²) in [7, 11) is 0. The lowest BCUT2D eigenvalue weighted by atomic mass is 10.3. The highest BCUT2D eigenvalue weighted by Gasteiger charge is 2.16. The van der Waals surface area contributed by atoms with Gasteiger partial charge < -0.3 is 11.1 Å². The molecule has 2 rings (SSSR count). The number of nitrogens with one attached hydrogen (secondary N) is 3. The second-order valence-electron chi connectivity index (χ2n) is 3.90. The molecule has 102 valence electrons. The molecule has 1 atom stereocenters. The molecule has 10 heteroatoms. The monoisotopic (exact) mass is 266 g/mol. The second-order valence-corrected chi connectivity index (χ2v) is 3.90. The van der Waals surface area contributed by atoms with E-state index in [9.17, 15) is 9.59 Å². The van der Waals surface area contributed by atoms with Gasteiger partial charge in [0.1, 0.15) is 11.5 Å². The maximum Gasteiger partial charge on any atom is 0.330 e. The number of nitrogens with zero attached hydrogens (tertiary/aromatic N) is 4. The van der Waals surface area contributed by atoms with E-state index in [-0.39, 0.29) is 17.5 Å². The Balaban J connectivity index is 2.41. The van der Waals surface area contributed by atoms with Crippen molar-refractivity contribution in [3.8, 4) is 0 Å². The van der Waals surface area contributed by atoms with Gasteiger partial charge in [-0.2, -0.15) is 5.21 Å². The number of nitrogens with two attached hydrogens (primary N) is 1. The van der Waals surface area contributed by atoms with Crippen molar-refractivity contribution in [3.05, 3.63) is 26.7 Å². The molecule has 1 unspecified atom stereocenters. The number of nitrogen functional groups attached to an aromatic ring is 1. The maximum absolute atomic E-state index is 11.8. The molecule has 5 N–H and O–H groups in total. The van der Waals surface area contributed by atoms with Crippen LogP contribution in [0.4, 0.5) is 11.5 Å². The Morgan fingerprint density at radius 3 is 2.79 bits per heavy atom. The summed E-state index contributed by atoms with van der Waals surface area (Å²) in [5.41, 5.74) is 4.80. The zero-order valence-corrected chi connectivity index (χ0v) is 10.5. The molecule has 0 fully saturated rings. The molecule has 2 aromatic rings. The second kappa shape index (κ2) is 4.92. The fourth-order valence-corrected chi connectivity index (χ4v) is 1.68. The molecular weight excluding hydrogens is 252 g/mol. The van der Waals surface area contributed by atoms with Gasteiger partial charge in [-0.3, -0.25) is 14.3 Å². The van der Waals surface area contributed by atoms with Gasteiger partial charge in [-0.1, -0.05) is 5.21 Å². The number of tetrazole rings is 1. The molecular formula is C9H14N8O2. The first-order valence-electron chi connectivity index (χ1n) is 5.67. The van der Waals surface area contributed by atoms with Gasteiger partial charge in [-0.05, 0) is 13.8 Å². The van der Waals surface area contributed by atoms with Crippen LogP contribution in [0, 0.1) is 0 Å². The van der Waals surface area contributed by atoms with Crippen molar-refractivity contribution in [2.45, 2.75) is 26.4 Å². The average molecular weight is 266 g/mol. The van der Waals surface area contributed by atoms with Crippen LogP contribution in [0.25, 0.3) is 0 Å². The van der Waals surface area contributed by atoms with E-state index in [0.29, 0.717) is 12.4 Å². The Labute approximate surface area is 107 Å². The lowest BCUT2D eigenvalue weighted by Crippen LogP contribution is -2.34. The van der Waals surface area contributed by atoms with E-state index in [1.165, 1.54) is 4.57 Å². The average Bonchev–Trinajstić information content (AvgIpc) is 2.88. The summed E-state index contributed by atoms with van der Waals surface area (Å²) in [5, 5.41) is 16.2. The van der Waals surface area contributed by atoms with Crippen molar-refractivity contribution >= 4 is 11.5 Å². The molecule has 10 nitrogen and oxygen atoms in total. The number of H-pyrrole nitrogens is 2. The third-order valence-electron chi connectivity index (χ3n) is 2.67. The van der Waals surface area contributed by atoms with Gasteiger partial charge in [0.05, 0.1) is 6.04 Å². The molecule has 0 spiro atoms. The van der Waals surface area contributed by atoms with E-state index in [1.54, 1.807) is 13.8 Å². The molecule has 0 aliphatic heterocycles. The minimum atomic E-state index is -0.581. The summed E-state index contributed by atoms with van der Waals surface area (Å²) in [6.07, 6.45) is 0. The first-order chi connectivity index (χ1) is 9.04. The van der Waals surface area contributed by atoms with Gasteiger partial charge >= 0.3 is 5.69 Å². The third-order valence-corrected chi connectivity index (χ3v) is 2.67. The van der Waals surface area contributed by atoms with E-state index in [1.807, 2.05) is 0 Å². The van der Waals surface area contributed by atoms with E-state index in [0.717, 1.165) is 0 Å². The van der Waals surface area contributed by atoms with Gasteiger partial charge in [0, 0.05) is 6.54 Å². The molecule has 0 aromatic carbocycles. The van der Waals surface area contributed by atoms with E-state index in [4.69, 9.17) is 5.73 Å². The van der Waals surface area contributed by atoms with Crippen molar-refractivity contribution < 1.29 is 0 Å². The lowest BCUT2D eigenvalue weighted by molar-refractivity contribution is 0.701. The third kappa shape index (κ3) is 2.32. The standard InChI is InChI=1S/C9H14N8O2/c1-3-17-6(10)5(8(18)12-9(17)19)11-4(2)7-13-15-16-14-7/h4,11H,3,10H2,1-2H3,(H,12,18,19)(H,13,14,15,16). The zero-order valence-electron chi connectivity index (χ0n) is 10.5. The van der Waals surface area contributed by atoms with Crippen molar-refractivity contribution in [2.24, 2.45) is 0 Å². The van der Waals surface area contributed by atoms with Gasteiger partial charge in [-0.15, -0.1) is 10.2 Å². The summed E-state index contributed by atoms with van der Waals surface area (Å²) >= 11 is 0. The van der Waals surface area contributed by atoms with Crippen LogP contribution in [-0.2, 0) is 6.54 Å². The molecule has 2 aromatic heterocycles. The Bertz CT molecular complexity index is 671. The van der Waals surface area contributed by atoms with Crippen LogP contribution in [0.5, 0.6) is 0 Å².